The van der Waals surface area contributed by atoms with Gasteiger partial charge in [-0.05, 0) is 42.0 Å². The predicted molar refractivity (Wildman–Crippen MR) is 141 cm³/mol. The Hall–Kier alpha value is -3.22. The highest BCUT2D eigenvalue weighted by Crippen LogP contribution is 2.31. The zero-order valence-electron chi connectivity index (χ0n) is 20.7. The fourth-order valence-corrected chi connectivity index (χ4v) is 5.78. The van der Waals surface area contributed by atoms with Gasteiger partial charge in [0.05, 0.1) is 24.5 Å². The van der Waals surface area contributed by atoms with E-state index in [9.17, 15) is 13.2 Å². The lowest BCUT2D eigenvalue weighted by molar-refractivity contribution is -0.137. The molecule has 2 aliphatic heterocycles. The van der Waals surface area contributed by atoms with Gasteiger partial charge >= 0.3 is 6.18 Å². The molecule has 38 heavy (non-hydrogen) atoms. The summed E-state index contributed by atoms with van der Waals surface area (Å²) < 4.78 is 47.1. The van der Waals surface area contributed by atoms with E-state index in [2.05, 4.69) is 20.1 Å². The van der Waals surface area contributed by atoms with Crippen molar-refractivity contribution in [1.29, 1.82) is 0 Å². The third-order valence-electron chi connectivity index (χ3n) is 7.19. The molecule has 4 aromatic rings. The molecule has 12 heteroatoms. The van der Waals surface area contributed by atoms with Crippen LogP contribution in [0.2, 0.25) is 0 Å². The Bertz CT molecular complexity index is 1380. The Kier molecular flexibility index (Phi) is 6.93. The van der Waals surface area contributed by atoms with Gasteiger partial charge in [0.25, 0.3) is 0 Å². The molecule has 200 valence electrons. The lowest BCUT2D eigenvalue weighted by atomic mass is 10.0. The molecule has 0 atom stereocenters. The first-order valence-corrected chi connectivity index (χ1v) is 13.6. The first-order chi connectivity index (χ1) is 18.5. The number of nitrogens with zero attached hydrogens (tertiary/aromatic N) is 6. The molecule has 0 radical (unpaired) electrons. The highest BCUT2D eigenvalue weighted by atomic mass is 32.1. The summed E-state index contributed by atoms with van der Waals surface area (Å²) in [4.78, 5) is 19.0. The second-order valence-corrected chi connectivity index (χ2v) is 10.3. The summed E-state index contributed by atoms with van der Waals surface area (Å²) in [6.07, 6.45) is -0.653. The Labute approximate surface area is 222 Å². The smallest absolute Gasteiger partial charge is 0.379 e. The van der Waals surface area contributed by atoms with Crippen LogP contribution in [0.15, 0.2) is 47.4 Å². The number of anilines is 2. The fraction of sp³-hybridized carbons (Fsp3) is 0.423. The number of fused-ring (bicyclic) bond motifs is 1. The standard InChI is InChI=1S/C26H28F3N7OS/c27-26(28,29)19-3-1-2-18(14-19)15-30-23-22-24(36(17-31-22)21-6-13-38-16-21)33-25(32-23)35-7-4-20(5-8-35)34-9-11-37-12-10-34/h1-3,6,13-14,16-17,20H,4-5,7-12,15H2,(H,30,32,33). The Morgan fingerprint density at radius 1 is 1.05 bits per heavy atom. The minimum atomic E-state index is -4.39. The van der Waals surface area contributed by atoms with Gasteiger partial charge in [-0.15, -0.1) is 0 Å². The van der Waals surface area contributed by atoms with Crippen molar-refractivity contribution in [2.75, 3.05) is 49.6 Å². The molecular formula is C26H28F3N7OS. The van der Waals surface area contributed by atoms with Crippen molar-refractivity contribution in [3.8, 4) is 5.69 Å². The average molecular weight is 544 g/mol. The largest absolute Gasteiger partial charge is 0.416 e. The highest BCUT2D eigenvalue weighted by Gasteiger charge is 2.31. The van der Waals surface area contributed by atoms with E-state index in [1.54, 1.807) is 23.7 Å². The lowest BCUT2D eigenvalue weighted by Gasteiger charge is -2.40. The molecule has 3 aromatic heterocycles. The van der Waals surface area contributed by atoms with Crippen molar-refractivity contribution in [3.63, 3.8) is 0 Å². The fourth-order valence-electron chi connectivity index (χ4n) is 5.15. The predicted octanol–water partition coefficient (Wildman–Crippen LogP) is 4.81. The van der Waals surface area contributed by atoms with Gasteiger partial charge in [0.2, 0.25) is 5.95 Å². The molecule has 0 aliphatic carbocycles. The van der Waals surface area contributed by atoms with Crippen LogP contribution in [0.4, 0.5) is 24.9 Å². The van der Waals surface area contributed by atoms with Gasteiger partial charge in [0.1, 0.15) is 6.33 Å². The number of benzene rings is 1. The van der Waals surface area contributed by atoms with Gasteiger partial charge in [0.15, 0.2) is 17.0 Å². The van der Waals surface area contributed by atoms with Crippen molar-refractivity contribution in [1.82, 2.24) is 24.4 Å². The third kappa shape index (κ3) is 5.20. The van der Waals surface area contributed by atoms with Crippen LogP contribution in [0.25, 0.3) is 16.9 Å². The summed E-state index contributed by atoms with van der Waals surface area (Å²) in [5.41, 5.74) is 2.04. The monoisotopic (exact) mass is 543 g/mol. The molecular weight excluding hydrogens is 515 g/mol. The number of hydrogen-bond donors (Lipinski definition) is 1. The summed E-state index contributed by atoms with van der Waals surface area (Å²) in [5, 5.41) is 7.25. The normalized spacial score (nSPS) is 17.8. The average Bonchev–Trinajstić information content (AvgIpc) is 3.62. The van der Waals surface area contributed by atoms with E-state index in [0.717, 1.165) is 70.1 Å². The maximum absolute atomic E-state index is 13.2. The van der Waals surface area contributed by atoms with Crippen LogP contribution in [-0.2, 0) is 17.5 Å². The zero-order chi connectivity index (χ0) is 26.1. The Morgan fingerprint density at radius 2 is 1.87 bits per heavy atom. The number of aromatic nitrogens is 4. The van der Waals surface area contributed by atoms with Gasteiger partial charge in [-0.25, -0.2) is 4.98 Å². The van der Waals surface area contributed by atoms with Crippen molar-refractivity contribution in [3.05, 3.63) is 58.5 Å². The quantitative estimate of drug-likeness (QED) is 0.374. The molecule has 2 aliphatic rings. The summed E-state index contributed by atoms with van der Waals surface area (Å²) in [6, 6.07) is 7.85. The van der Waals surface area contributed by atoms with E-state index in [1.807, 2.05) is 21.4 Å². The van der Waals surface area contributed by atoms with Gasteiger partial charge in [0, 0.05) is 44.1 Å². The van der Waals surface area contributed by atoms with Crippen molar-refractivity contribution >= 4 is 34.3 Å². The number of imidazole rings is 1. The number of hydrogen-bond acceptors (Lipinski definition) is 8. The van der Waals surface area contributed by atoms with Crippen molar-refractivity contribution in [2.24, 2.45) is 0 Å². The molecule has 6 rings (SSSR count). The number of ether oxygens (including phenoxy) is 1. The Morgan fingerprint density at radius 3 is 2.61 bits per heavy atom. The Balaban J connectivity index is 1.28. The van der Waals surface area contributed by atoms with Gasteiger partial charge in [-0.2, -0.15) is 34.5 Å². The summed E-state index contributed by atoms with van der Waals surface area (Å²) in [7, 11) is 0. The zero-order valence-corrected chi connectivity index (χ0v) is 21.5. The highest BCUT2D eigenvalue weighted by molar-refractivity contribution is 7.08. The van der Waals surface area contributed by atoms with Crippen LogP contribution in [-0.4, -0.2) is 69.9 Å². The second-order valence-electron chi connectivity index (χ2n) is 9.56. The van der Waals surface area contributed by atoms with Crippen LogP contribution in [0, 0.1) is 0 Å². The summed E-state index contributed by atoms with van der Waals surface area (Å²) in [5.74, 6) is 1.10. The molecule has 0 bridgehead atoms. The van der Waals surface area contributed by atoms with Crippen LogP contribution < -0.4 is 10.2 Å². The number of morpholine rings is 1. The molecule has 0 spiro atoms. The molecule has 8 nitrogen and oxygen atoms in total. The maximum atomic E-state index is 13.2. The molecule has 0 unspecified atom stereocenters. The topological polar surface area (TPSA) is 71.3 Å². The minimum Gasteiger partial charge on any atom is -0.379 e. The second kappa shape index (κ2) is 10.5. The first-order valence-electron chi connectivity index (χ1n) is 12.7. The van der Waals surface area contributed by atoms with E-state index in [0.29, 0.717) is 34.5 Å². The van der Waals surface area contributed by atoms with Crippen molar-refractivity contribution in [2.45, 2.75) is 31.6 Å². The number of rotatable bonds is 6. The number of halogens is 3. The van der Waals surface area contributed by atoms with Gasteiger partial charge in [-0.3, -0.25) is 9.47 Å². The van der Waals surface area contributed by atoms with Crippen molar-refractivity contribution < 1.29 is 17.9 Å². The van der Waals surface area contributed by atoms with E-state index in [-0.39, 0.29) is 6.54 Å². The molecule has 0 amide bonds. The van der Waals surface area contributed by atoms with E-state index in [4.69, 9.17) is 14.7 Å². The van der Waals surface area contributed by atoms with E-state index >= 15 is 0 Å². The van der Waals surface area contributed by atoms with Crippen LogP contribution in [0.1, 0.15) is 24.0 Å². The van der Waals surface area contributed by atoms with Crippen LogP contribution in [0.3, 0.4) is 0 Å². The lowest BCUT2D eigenvalue weighted by Crippen LogP contribution is -2.49. The molecule has 0 saturated carbocycles. The molecule has 2 saturated heterocycles. The van der Waals surface area contributed by atoms with E-state index in [1.165, 1.54) is 6.07 Å². The third-order valence-corrected chi connectivity index (χ3v) is 7.86. The summed E-state index contributed by atoms with van der Waals surface area (Å²) in [6.45, 7) is 5.34. The number of nitrogens with one attached hydrogen (secondary N) is 1. The number of piperidine rings is 1. The maximum Gasteiger partial charge on any atom is 0.416 e. The van der Waals surface area contributed by atoms with E-state index < -0.39 is 11.7 Å². The first kappa shape index (κ1) is 25.1. The number of alkyl halides is 3. The molecule has 1 aromatic carbocycles. The molecule has 2 fully saturated rings. The SMILES string of the molecule is FC(F)(F)c1cccc(CNc2nc(N3CCC(N4CCOCC4)CC3)nc3c2ncn3-c2ccsc2)c1. The summed E-state index contributed by atoms with van der Waals surface area (Å²) >= 11 is 1.58. The van der Waals surface area contributed by atoms with Crippen LogP contribution >= 0.6 is 11.3 Å². The molecule has 5 heterocycles. The molecule has 1 N–H and O–H groups in total. The number of thiophene rings is 1. The van der Waals surface area contributed by atoms with Gasteiger partial charge < -0.3 is 15.0 Å². The minimum absolute atomic E-state index is 0.180. The van der Waals surface area contributed by atoms with Crippen LogP contribution in [0.5, 0.6) is 0 Å². The van der Waals surface area contributed by atoms with Gasteiger partial charge in [-0.1, -0.05) is 12.1 Å².